The molecule has 0 saturated carbocycles. The molecule has 156 valence electrons. The van der Waals surface area contributed by atoms with Crippen molar-refractivity contribution in [2.45, 2.75) is 59.9 Å². The van der Waals surface area contributed by atoms with E-state index in [0.717, 1.165) is 22.1 Å². The second-order valence-corrected chi connectivity index (χ2v) is 7.83. The van der Waals surface area contributed by atoms with Crippen molar-refractivity contribution in [3.05, 3.63) is 71.2 Å². The fourth-order valence-corrected chi connectivity index (χ4v) is 2.99. The van der Waals surface area contributed by atoms with Crippen LogP contribution in [0.5, 0.6) is 0 Å². The Hall–Kier alpha value is -2.79. The summed E-state index contributed by atoms with van der Waals surface area (Å²) in [5.41, 5.74) is 2.74. The van der Waals surface area contributed by atoms with Gasteiger partial charge in [-0.3, -0.25) is 4.79 Å². The number of allylic oxidation sites excluding steroid dienone is 4. The fourth-order valence-electron chi connectivity index (χ4n) is 2.99. The van der Waals surface area contributed by atoms with Crippen LogP contribution < -0.4 is 0 Å². The first-order valence-corrected chi connectivity index (χ1v) is 9.62. The Balaban J connectivity index is 2.15. The van der Waals surface area contributed by atoms with Crippen molar-refractivity contribution in [1.82, 2.24) is 0 Å². The summed E-state index contributed by atoms with van der Waals surface area (Å²) >= 11 is 0. The van der Waals surface area contributed by atoms with Gasteiger partial charge in [0.25, 0.3) is 0 Å². The minimum Gasteiger partial charge on any atom is -0.485 e. The van der Waals surface area contributed by atoms with E-state index < -0.39 is 5.60 Å². The molecule has 2 rings (SSSR count). The van der Waals surface area contributed by atoms with Crippen LogP contribution in [0.15, 0.2) is 58.8 Å². The number of benzene rings is 1. The van der Waals surface area contributed by atoms with E-state index >= 15 is 0 Å². The monoisotopic (exact) mass is 398 g/mol. The second-order valence-electron chi connectivity index (χ2n) is 7.83. The maximum atomic E-state index is 12.2. The summed E-state index contributed by atoms with van der Waals surface area (Å²) in [6.45, 7) is 13.2. The topological polar surface area (TPSA) is 68.9 Å². The highest BCUT2D eigenvalue weighted by Gasteiger charge is 2.19. The molecule has 29 heavy (non-hydrogen) atoms. The van der Waals surface area contributed by atoms with Crippen LogP contribution in [-0.4, -0.2) is 16.7 Å². The molecule has 0 aliphatic rings. The lowest BCUT2D eigenvalue weighted by molar-refractivity contribution is -0.153. The zero-order valence-electron chi connectivity index (χ0n) is 17.9. The molecular weight excluding hydrogens is 368 g/mol. The highest BCUT2D eigenvalue weighted by molar-refractivity contribution is 5.81. The van der Waals surface area contributed by atoms with Crippen molar-refractivity contribution in [2.24, 2.45) is 0 Å². The molecule has 0 aliphatic carbocycles. The minimum atomic E-state index is -0.543. The van der Waals surface area contributed by atoms with Crippen LogP contribution in [0.2, 0.25) is 0 Å². The lowest BCUT2D eigenvalue weighted by Crippen LogP contribution is -2.24. The van der Waals surface area contributed by atoms with Crippen LogP contribution in [0.4, 0.5) is 0 Å². The summed E-state index contributed by atoms with van der Waals surface area (Å²) in [6, 6.07) is 5.70. The summed E-state index contributed by atoms with van der Waals surface area (Å²) in [4.78, 5) is 12.2. The molecule has 5 heteroatoms. The zero-order valence-corrected chi connectivity index (χ0v) is 17.9. The maximum Gasteiger partial charge on any atom is 0.310 e. The molecular formula is C24H30O5. The Morgan fingerprint density at radius 1 is 1.28 bits per heavy atom. The van der Waals surface area contributed by atoms with E-state index in [-0.39, 0.29) is 25.6 Å². The number of hydrogen-bond donors (Lipinski definition) is 1. The first kappa shape index (κ1) is 22.5. The van der Waals surface area contributed by atoms with E-state index in [0.29, 0.717) is 17.1 Å². The average molecular weight is 398 g/mol. The van der Waals surface area contributed by atoms with Crippen molar-refractivity contribution in [1.29, 1.82) is 0 Å². The number of esters is 1. The molecule has 0 radical (unpaired) electrons. The van der Waals surface area contributed by atoms with Gasteiger partial charge in [0.15, 0.2) is 0 Å². The number of aliphatic hydroxyl groups excluding tert-OH is 1. The predicted octanol–water partition coefficient (Wildman–Crippen LogP) is 5.50. The van der Waals surface area contributed by atoms with Gasteiger partial charge in [0, 0.05) is 11.0 Å². The lowest BCUT2D eigenvalue weighted by Gasteiger charge is -2.20. The van der Waals surface area contributed by atoms with Crippen LogP contribution in [0.1, 0.15) is 51.0 Å². The normalized spacial score (nSPS) is 12.9. The third-order valence-corrected chi connectivity index (χ3v) is 4.15. The molecule has 0 saturated heterocycles. The number of aryl methyl sites for hydroxylation is 1. The molecule has 0 atom stereocenters. The molecule has 1 heterocycles. The van der Waals surface area contributed by atoms with Gasteiger partial charge >= 0.3 is 5.97 Å². The van der Waals surface area contributed by atoms with E-state index in [1.807, 2.05) is 58.9 Å². The molecule has 0 spiro atoms. The summed E-state index contributed by atoms with van der Waals surface area (Å²) < 4.78 is 17.3. The number of carbonyl (C=O) groups is 1. The number of furan rings is 1. The number of ether oxygens (including phenoxy) is 2. The molecule has 0 bridgehead atoms. The number of rotatable bonds is 8. The Bertz CT molecular complexity index is 938. The standard InChI is InChI=1S/C24H30O5/c1-7-9-21(18(8-2)13-22(26)29-24(4,5)6)27-15-20-12-19-11-17(14-25)10-16(3)23(19)28-20/h7-12,25H,1,13-15H2,2-6H3/b18-8-,21-9+. The Morgan fingerprint density at radius 3 is 2.59 bits per heavy atom. The smallest absolute Gasteiger partial charge is 0.310 e. The van der Waals surface area contributed by atoms with Gasteiger partial charge in [0.2, 0.25) is 0 Å². The summed E-state index contributed by atoms with van der Waals surface area (Å²) in [7, 11) is 0. The van der Waals surface area contributed by atoms with E-state index in [2.05, 4.69) is 6.58 Å². The molecule has 1 N–H and O–H groups in total. The number of carbonyl (C=O) groups excluding carboxylic acids is 1. The van der Waals surface area contributed by atoms with Crippen LogP contribution in [0.25, 0.3) is 11.0 Å². The van der Waals surface area contributed by atoms with Crippen LogP contribution in [0.3, 0.4) is 0 Å². The molecule has 0 fully saturated rings. The molecule has 0 unspecified atom stereocenters. The highest BCUT2D eigenvalue weighted by atomic mass is 16.6. The summed E-state index contributed by atoms with van der Waals surface area (Å²) in [6.07, 6.45) is 5.27. The lowest BCUT2D eigenvalue weighted by atomic mass is 10.1. The van der Waals surface area contributed by atoms with Gasteiger partial charge < -0.3 is 19.0 Å². The summed E-state index contributed by atoms with van der Waals surface area (Å²) in [5.74, 6) is 0.877. The van der Waals surface area contributed by atoms with Crippen molar-refractivity contribution in [3.63, 3.8) is 0 Å². The van der Waals surface area contributed by atoms with E-state index in [9.17, 15) is 9.90 Å². The van der Waals surface area contributed by atoms with Gasteiger partial charge in [-0.1, -0.05) is 24.8 Å². The molecule has 0 amide bonds. The highest BCUT2D eigenvalue weighted by Crippen LogP contribution is 2.27. The molecule has 5 nitrogen and oxygen atoms in total. The summed E-state index contributed by atoms with van der Waals surface area (Å²) in [5, 5.41) is 10.3. The van der Waals surface area contributed by atoms with Crippen LogP contribution in [-0.2, 0) is 27.5 Å². The fraction of sp³-hybridized carbons (Fsp3) is 0.375. The molecule has 1 aromatic heterocycles. The van der Waals surface area contributed by atoms with Crippen molar-refractivity contribution in [3.8, 4) is 0 Å². The second kappa shape index (κ2) is 9.61. The maximum absolute atomic E-state index is 12.2. The van der Waals surface area contributed by atoms with Crippen molar-refractivity contribution in [2.75, 3.05) is 0 Å². The van der Waals surface area contributed by atoms with Crippen LogP contribution >= 0.6 is 0 Å². The van der Waals surface area contributed by atoms with E-state index in [1.54, 1.807) is 12.2 Å². The number of hydrogen-bond acceptors (Lipinski definition) is 5. The van der Waals surface area contributed by atoms with Crippen LogP contribution in [0, 0.1) is 6.92 Å². The van der Waals surface area contributed by atoms with Gasteiger partial charge in [0.05, 0.1) is 13.0 Å². The predicted molar refractivity (Wildman–Crippen MR) is 114 cm³/mol. The molecule has 1 aromatic carbocycles. The van der Waals surface area contributed by atoms with Crippen molar-refractivity contribution < 1.29 is 23.8 Å². The first-order valence-electron chi connectivity index (χ1n) is 9.62. The Morgan fingerprint density at radius 2 is 2.00 bits per heavy atom. The molecule has 2 aromatic rings. The quantitative estimate of drug-likeness (QED) is 0.361. The van der Waals surface area contributed by atoms with Crippen molar-refractivity contribution >= 4 is 16.9 Å². The van der Waals surface area contributed by atoms with Gasteiger partial charge in [-0.05, 0) is 64.0 Å². The SMILES string of the molecule is C=C/C=C(OCc1cc2cc(CO)cc(C)c2o1)\C(=C/C)CC(=O)OC(C)(C)C. The average Bonchev–Trinajstić information content (AvgIpc) is 3.05. The van der Waals surface area contributed by atoms with Gasteiger partial charge in [-0.2, -0.15) is 0 Å². The van der Waals surface area contributed by atoms with Gasteiger partial charge in [0.1, 0.15) is 29.3 Å². The minimum absolute atomic E-state index is 0.0185. The third kappa shape index (κ3) is 6.36. The Labute approximate surface area is 172 Å². The number of fused-ring (bicyclic) bond motifs is 1. The largest absolute Gasteiger partial charge is 0.485 e. The van der Waals surface area contributed by atoms with E-state index in [4.69, 9.17) is 13.9 Å². The van der Waals surface area contributed by atoms with E-state index in [1.165, 1.54) is 0 Å². The van der Waals surface area contributed by atoms with Gasteiger partial charge in [-0.15, -0.1) is 0 Å². The first-order chi connectivity index (χ1) is 13.7. The number of aliphatic hydroxyl groups is 1. The zero-order chi connectivity index (χ0) is 21.6. The van der Waals surface area contributed by atoms with Gasteiger partial charge in [-0.25, -0.2) is 0 Å². The third-order valence-electron chi connectivity index (χ3n) is 4.15. The molecule has 0 aliphatic heterocycles. The Kier molecular flexibility index (Phi) is 7.46.